The summed E-state index contributed by atoms with van der Waals surface area (Å²) in [7, 11) is 0. The van der Waals surface area contributed by atoms with E-state index < -0.39 is 0 Å². The van der Waals surface area contributed by atoms with Crippen molar-refractivity contribution in [2.75, 3.05) is 13.1 Å². The minimum Gasteiger partial charge on any atom is -0.299 e. The van der Waals surface area contributed by atoms with Gasteiger partial charge in [-0.25, -0.2) is 0 Å². The zero-order valence-electron chi connectivity index (χ0n) is 7.21. The summed E-state index contributed by atoms with van der Waals surface area (Å²) in [6.45, 7) is 4.42. The molecule has 0 N–H and O–H groups in total. The van der Waals surface area contributed by atoms with E-state index in [-0.39, 0.29) is 0 Å². The Hall–Kier alpha value is -0.550. The molecule has 1 aliphatic rings. The van der Waals surface area contributed by atoms with E-state index in [9.17, 15) is 0 Å². The van der Waals surface area contributed by atoms with Crippen molar-refractivity contribution in [2.45, 2.75) is 38.6 Å². The number of nitrogens with zero attached hydrogens (tertiary/aromatic N) is 2. The predicted octanol–water partition coefficient (Wildman–Crippen LogP) is 1.77. The highest BCUT2D eigenvalue weighted by molar-refractivity contribution is 4.81. The molecule has 1 fully saturated rings. The van der Waals surface area contributed by atoms with Gasteiger partial charge in [0, 0.05) is 19.0 Å². The molecule has 0 amide bonds. The number of likely N-dealkylation sites (tertiary alicyclic amines) is 1. The molecule has 1 atom stereocenters. The van der Waals surface area contributed by atoms with Gasteiger partial charge in [-0.15, -0.1) is 0 Å². The number of hydrogen-bond acceptors (Lipinski definition) is 2. The van der Waals surface area contributed by atoms with Crippen molar-refractivity contribution < 1.29 is 0 Å². The first kappa shape index (κ1) is 8.55. The van der Waals surface area contributed by atoms with Gasteiger partial charge in [0.15, 0.2) is 0 Å². The average Bonchev–Trinajstić information content (AvgIpc) is 2.47. The highest BCUT2D eigenvalue weighted by Gasteiger charge is 2.21. The van der Waals surface area contributed by atoms with E-state index in [1.54, 1.807) is 0 Å². The van der Waals surface area contributed by atoms with Gasteiger partial charge in [-0.2, -0.15) is 5.26 Å². The van der Waals surface area contributed by atoms with Crippen molar-refractivity contribution >= 4 is 0 Å². The van der Waals surface area contributed by atoms with E-state index in [1.165, 1.54) is 25.8 Å². The Labute approximate surface area is 68.8 Å². The van der Waals surface area contributed by atoms with Gasteiger partial charge < -0.3 is 0 Å². The van der Waals surface area contributed by atoms with Crippen LogP contribution < -0.4 is 0 Å². The van der Waals surface area contributed by atoms with Crippen molar-refractivity contribution in [3.8, 4) is 6.07 Å². The average molecular weight is 152 g/mol. The fourth-order valence-corrected chi connectivity index (χ4v) is 1.85. The fourth-order valence-electron chi connectivity index (χ4n) is 1.85. The van der Waals surface area contributed by atoms with E-state index >= 15 is 0 Å². The van der Waals surface area contributed by atoms with Crippen LogP contribution in [0.5, 0.6) is 0 Å². The number of nitriles is 1. The van der Waals surface area contributed by atoms with Crippen LogP contribution in [0.4, 0.5) is 0 Å². The molecule has 1 rings (SSSR count). The summed E-state index contributed by atoms with van der Waals surface area (Å²) in [5.41, 5.74) is 0. The topological polar surface area (TPSA) is 27.0 Å². The first-order valence-electron chi connectivity index (χ1n) is 4.49. The third-order valence-electron chi connectivity index (χ3n) is 2.48. The Morgan fingerprint density at radius 2 is 2.45 bits per heavy atom. The second-order valence-electron chi connectivity index (χ2n) is 3.15. The van der Waals surface area contributed by atoms with Crippen LogP contribution in [0.25, 0.3) is 0 Å². The maximum atomic E-state index is 8.41. The summed E-state index contributed by atoms with van der Waals surface area (Å²) >= 11 is 0. The molecule has 62 valence electrons. The van der Waals surface area contributed by atoms with Crippen molar-refractivity contribution in [3.05, 3.63) is 0 Å². The molecule has 0 spiro atoms. The van der Waals surface area contributed by atoms with Crippen LogP contribution in [0.3, 0.4) is 0 Å². The van der Waals surface area contributed by atoms with Crippen LogP contribution in [-0.2, 0) is 0 Å². The van der Waals surface area contributed by atoms with Gasteiger partial charge in [0.2, 0.25) is 0 Å². The van der Waals surface area contributed by atoms with Gasteiger partial charge in [-0.3, -0.25) is 4.90 Å². The van der Waals surface area contributed by atoms with Gasteiger partial charge in [0.25, 0.3) is 0 Å². The molecule has 2 nitrogen and oxygen atoms in total. The molecular weight excluding hydrogens is 136 g/mol. The number of hydrogen-bond donors (Lipinski definition) is 0. The van der Waals surface area contributed by atoms with E-state index in [0.29, 0.717) is 6.42 Å². The summed E-state index contributed by atoms with van der Waals surface area (Å²) in [5, 5.41) is 8.41. The Morgan fingerprint density at radius 1 is 1.64 bits per heavy atom. The predicted molar refractivity (Wildman–Crippen MR) is 45.1 cm³/mol. The summed E-state index contributed by atoms with van der Waals surface area (Å²) in [6.07, 6.45) is 4.59. The standard InChI is InChI=1S/C9H16N2/c1-2-9-5-3-7-11(9)8-4-6-10/h9H,2-5,7-8H2,1H3. The molecule has 2 heteroatoms. The molecule has 11 heavy (non-hydrogen) atoms. The van der Waals surface area contributed by atoms with Crippen molar-refractivity contribution in [1.29, 1.82) is 5.26 Å². The normalized spacial score (nSPS) is 25.3. The lowest BCUT2D eigenvalue weighted by molar-refractivity contribution is 0.254. The second-order valence-corrected chi connectivity index (χ2v) is 3.15. The highest BCUT2D eigenvalue weighted by Crippen LogP contribution is 2.19. The summed E-state index contributed by atoms with van der Waals surface area (Å²) < 4.78 is 0. The van der Waals surface area contributed by atoms with E-state index in [2.05, 4.69) is 17.9 Å². The largest absolute Gasteiger partial charge is 0.299 e. The lowest BCUT2D eigenvalue weighted by Crippen LogP contribution is -2.29. The Balaban J connectivity index is 2.27. The van der Waals surface area contributed by atoms with E-state index in [4.69, 9.17) is 5.26 Å². The Kier molecular flexibility index (Phi) is 3.38. The zero-order valence-corrected chi connectivity index (χ0v) is 7.21. The van der Waals surface area contributed by atoms with Crippen LogP contribution >= 0.6 is 0 Å². The quantitative estimate of drug-likeness (QED) is 0.616. The maximum absolute atomic E-state index is 8.41. The van der Waals surface area contributed by atoms with Gasteiger partial charge in [-0.1, -0.05) is 6.92 Å². The third kappa shape index (κ3) is 2.20. The van der Waals surface area contributed by atoms with E-state index in [0.717, 1.165) is 12.6 Å². The second kappa shape index (κ2) is 4.35. The summed E-state index contributed by atoms with van der Waals surface area (Å²) in [5.74, 6) is 0. The van der Waals surface area contributed by atoms with Gasteiger partial charge in [0.05, 0.1) is 6.07 Å². The van der Waals surface area contributed by atoms with Gasteiger partial charge in [0.1, 0.15) is 0 Å². The van der Waals surface area contributed by atoms with Gasteiger partial charge >= 0.3 is 0 Å². The minimum atomic E-state index is 0.691. The molecule has 0 aromatic carbocycles. The molecule has 1 unspecified atom stereocenters. The molecule has 0 aliphatic carbocycles. The summed E-state index contributed by atoms with van der Waals surface area (Å²) in [4.78, 5) is 2.45. The lowest BCUT2D eigenvalue weighted by Gasteiger charge is -2.21. The maximum Gasteiger partial charge on any atom is 0.0635 e. The Morgan fingerprint density at radius 3 is 3.09 bits per heavy atom. The molecule has 1 saturated heterocycles. The van der Waals surface area contributed by atoms with Crippen LogP contribution in [0.2, 0.25) is 0 Å². The fraction of sp³-hybridized carbons (Fsp3) is 0.889. The lowest BCUT2D eigenvalue weighted by atomic mass is 10.2. The van der Waals surface area contributed by atoms with Gasteiger partial charge in [-0.05, 0) is 25.8 Å². The molecule has 0 saturated carbocycles. The van der Waals surface area contributed by atoms with Crippen molar-refractivity contribution in [1.82, 2.24) is 4.90 Å². The van der Waals surface area contributed by atoms with Crippen molar-refractivity contribution in [3.63, 3.8) is 0 Å². The SMILES string of the molecule is CCC1CCCN1CCC#N. The van der Waals surface area contributed by atoms with Crippen LogP contribution in [-0.4, -0.2) is 24.0 Å². The van der Waals surface area contributed by atoms with Crippen molar-refractivity contribution in [2.24, 2.45) is 0 Å². The third-order valence-corrected chi connectivity index (χ3v) is 2.48. The van der Waals surface area contributed by atoms with Crippen LogP contribution in [0.15, 0.2) is 0 Å². The van der Waals surface area contributed by atoms with E-state index in [1.807, 2.05) is 0 Å². The first-order chi connectivity index (χ1) is 5.38. The molecule has 1 aliphatic heterocycles. The molecule has 0 radical (unpaired) electrons. The molecular formula is C9H16N2. The molecule has 0 bridgehead atoms. The zero-order chi connectivity index (χ0) is 8.10. The monoisotopic (exact) mass is 152 g/mol. The summed E-state index contributed by atoms with van der Waals surface area (Å²) in [6, 6.07) is 2.96. The Bertz CT molecular complexity index is 148. The molecule has 0 aromatic rings. The minimum absolute atomic E-state index is 0.691. The molecule has 1 heterocycles. The highest BCUT2D eigenvalue weighted by atomic mass is 15.2. The molecule has 0 aromatic heterocycles. The first-order valence-corrected chi connectivity index (χ1v) is 4.49. The number of rotatable bonds is 3. The van der Waals surface area contributed by atoms with Crippen LogP contribution in [0, 0.1) is 11.3 Å². The smallest absolute Gasteiger partial charge is 0.0635 e. The van der Waals surface area contributed by atoms with Crippen LogP contribution in [0.1, 0.15) is 32.6 Å².